The molecule has 0 amide bonds. The molecule has 0 N–H and O–H groups in total. The van der Waals surface area contributed by atoms with Crippen molar-refractivity contribution in [2.75, 3.05) is 0 Å². The topological polar surface area (TPSA) is 57.9 Å². The van der Waals surface area contributed by atoms with E-state index in [-0.39, 0.29) is 29.4 Å². The molecular weight excluding hydrogens is 485 g/mol. The molecule has 0 heterocycles. The lowest BCUT2D eigenvalue weighted by Crippen LogP contribution is -2.12. The fourth-order valence-electron chi connectivity index (χ4n) is 5.38. The number of nitrogens with zero attached hydrogens (tertiary/aromatic N) is 1. The number of nitriles is 1. The molecule has 2 aromatic carbocycles. The summed E-state index contributed by atoms with van der Waals surface area (Å²) in [4.78, 5) is 25.7. The zero-order valence-electron chi connectivity index (χ0n) is 23.5. The first-order valence-electron chi connectivity index (χ1n) is 14.6. The van der Waals surface area contributed by atoms with E-state index < -0.39 is 0 Å². The predicted octanol–water partition coefficient (Wildman–Crippen LogP) is 8.88. The summed E-state index contributed by atoms with van der Waals surface area (Å²) in [5.41, 5.74) is 3.67. The molecule has 2 aromatic rings. The Kier molecular flexibility index (Phi) is 12.4. The van der Waals surface area contributed by atoms with Crippen molar-refractivity contribution in [2.24, 2.45) is 11.8 Å². The highest BCUT2D eigenvalue weighted by molar-refractivity contribution is 5.97. The molecule has 0 saturated heterocycles. The summed E-state index contributed by atoms with van der Waals surface area (Å²) < 4.78 is 13.6. The van der Waals surface area contributed by atoms with E-state index in [0.717, 1.165) is 54.4 Å². The predicted molar refractivity (Wildman–Crippen MR) is 156 cm³/mol. The van der Waals surface area contributed by atoms with Gasteiger partial charge in [-0.2, -0.15) is 5.26 Å². The quantitative estimate of drug-likeness (QED) is 0.162. The minimum atomic E-state index is -0.239. The van der Waals surface area contributed by atoms with Gasteiger partial charge < -0.3 is 0 Å². The number of ketones is 2. The van der Waals surface area contributed by atoms with E-state index in [1.807, 2.05) is 42.5 Å². The number of carbonyl (C=O) groups excluding carboxylic acids is 2. The van der Waals surface area contributed by atoms with Crippen molar-refractivity contribution >= 4 is 11.6 Å². The van der Waals surface area contributed by atoms with Gasteiger partial charge in [0.15, 0.2) is 5.78 Å². The second kappa shape index (κ2) is 15.9. The van der Waals surface area contributed by atoms with E-state index in [9.17, 15) is 19.2 Å². The molecule has 39 heavy (non-hydrogen) atoms. The minimum Gasteiger partial charge on any atom is -0.300 e. The lowest BCUT2D eigenvalue weighted by atomic mass is 9.81. The summed E-state index contributed by atoms with van der Waals surface area (Å²) in [7, 11) is 0. The average Bonchev–Trinajstić information content (AvgIpc) is 2.94. The van der Waals surface area contributed by atoms with Gasteiger partial charge in [-0.15, -0.1) is 0 Å². The largest absolute Gasteiger partial charge is 0.300 e. The Labute approximate surface area is 233 Å². The normalized spacial score (nSPS) is 17.1. The Morgan fingerprint density at radius 2 is 1.79 bits per heavy atom. The fourth-order valence-corrected chi connectivity index (χ4v) is 5.38. The monoisotopic (exact) mass is 527 g/mol. The number of allylic oxidation sites excluding steroid dienone is 4. The molecule has 3 rings (SSSR count). The van der Waals surface area contributed by atoms with Crippen LogP contribution in [0.1, 0.15) is 105 Å². The molecule has 1 aliphatic rings. The van der Waals surface area contributed by atoms with Gasteiger partial charge in [-0.3, -0.25) is 9.59 Å². The van der Waals surface area contributed by atoms with Crippen LogP contribution in [-0.4, -0.2) is 11.6 Å². The van der Waals surface area contributed by atoms with Crippen molar-refractivity contribution in [3.63, 3.8) is 0 Å². The number of benzene rings is 2. The Morgan fingerprint density at radius 1 is 0.974 bits per heavy atom. The maximum absolute atomic E-state index is 13.6. The smallest absolute Gasteiger partial charge is 0.163 e. The second-order valence-corrected chi connectivity index (χ2v) is 11.0. The van der Waals surface area contributed by atoms with E-state index in [2.05, 4.69) is 26.0 Å². The number of carbonyl (C=O) groups is 2. The molecule has 1 aliphatic carbocycles. The number of halogens is 1. The molecule has 3 unspecified atom stereocenters. The van der Waals surface area contributed by atoms with Crippen LogP contribution in [-0.2, 0) is 17.6 Å². The summed E-state index contributed by atoms with van der Waals surface area (Å²) in [6.45, 7) is 4.23. The maximum atomic E-state index is 13.6. The van der Waals surface area contributed by atoms with E-state index in [0.29, 0.717) is 37.9 Å². The first-order valence-corrected chi connectivity index (χ1v) is 14.6. The van der Waals surface area contributed by atoms with Crippen molar-refractivity contribution in [1.29, 1.82) is 5.26 Å². The van der Waals surface area contributed by atoms with Gasteiger partial charge in [-0.1, -0.05) is 87.7 Å². The van der Waals surface area contributed by atoms with Gasteiger partial charge in [0.2, 0.25) is 0 Å². The van der Waals surface area contributed by atoms with Crippen LogP contribution in [0.5, 0.6) is 0 Å². The highest BCUT2D eigenvalue weighted by Crippen LogP contribution is 2.32. The zero-order valence-corrected chi connectivity index (χ0v) is 23.5. The minimum absolute atomic E-state index is 0.0468. The van der Waals surface area contributed by atoms with Gasteiger partial charge >= 0.3 is 0 Å². The van der Waals surface area contributed by atoms with Crippen molar-refractivity contribution in [3.05, 3.63) is 94.8 Å². The van der Waals surface area contributed by atoms with Crippen LogP contribution in [0.2, 0.25) is 0 Å². The summed E-state index contributed by atoms with van der Waals surface area (Å²) in [5, 5.41) is 9.64. The highest BCUT2D eigenvalue weighted by Gasteiger charge is 2.22. The van der Waals surface area contributed by atoms with E-state index in [1.165, 1.54) is 12.5 Å². The first-order chi connectivity index (χ1) is 18.9. The molecule has 0 bridgehead atoms. The lowest BCUT2D eigenvalue weighted by molar-refractivity contribution is -0.120. The zero-order chi connectivity index (χ0) is 28.0. The molecule has 0 aliphatic heterocycles. The number of hydrogen-bond acceptors (Lipinski definition) is 3. The van der Waals surface area contributed by atoms with Crippen LogP contribution in [0, 0.1) is 29.0 Å². The third-order valence-corrected chi connectivity index (χ3v) is 7.65. The van der Waals surface area contributed by atoms with Gasteiger partial charge in [0, 0.05) is 30.7 Å². The van der Waals surface area contributed by atoms with Crippen LogP contribution in [0.15, 0.2) is 66.8 Å². The molecule has 206 valence electrons. The van der Waals surface area contributed by atoms with Crippen LogP contribution >= 0.6 is 0 Å². The fraction of sp³-hybridized carbons (Fsp3) is 0.457. The Morgan fingerprint density at radius 3 is 2.56 bits per heavy atom. The van der Waals surface area contributed by atoms with Crippen molar-refractivity contribution in [1.82, 2.24) is 0 Å². The number of aryl methyl sites for hydroxylation is 2. The average molecular weight is 528 g/mol. The number of hydrogen-bond donors (Lipinski definition) is 0. The highest BCUT2D eigenvalue weighted by atomic mass is 19.1. The maximum Gasteiger partial charge on any atom is 0.163 e. The van der Waals surface area contributed by atoms with Crippen LogP contribution in [0.3, 0.4) is 0 Å². The Hall–Kier alpha value is -3.32. The van der Waals surface area contributed by atoms with E-state index in [4.69, 9.17) is 0 Å². The van der Waals surface area contributed by atoms with Crippen molar-refractivity contribution in [3.8, 4) is 6.07 Å². The number of Topliss-reactive ketones (excluding diaryl/α,β-unsaturated/α-hetero) is 2. The second-order valence-electron chi connectivity index (χ2n) is 11.0. The summed E-state index contributed by atoms with van der Waals surface area (Å²) in [6, 6.07) is 15.0. The third kappa shape index (κ3) is 9.74. The Bertz CT molecular complexity index is 1210. The van der Waals surface area contributed by atoms with E-state index >= 15 is 0 Å². The number of unbranched alkanes of at least 4 members (excludes halogenated alkanes) is 3. The molecule has 0 radical (unpaired) electrons. The van der Waals surface area contributed by atoms with Crippen LogP contribution < -0.4 is 0 Å². The SMILES string of the molecule is CCCCCCC(=O)CC(C)CCC(=O)c1ccc(C2C=CC=CC2C#N)cc1CCCc1cccc(F)c1. The molecule has 0 fully saturated rings. The summed E-state index contributed by atoms with van der Waals surface area (Å²) >= 11 is 0. The van der Waals surface area contributed by atoms with Crippen LogP contribution in [0.25, 0.3) is 0 Å². The molecular formula is C35H42FNO2. The molecule has 0 saturated carbocycles. The standard InChI is InChI=1S/C35H42FNO2/c1-3-4-5-6-16-32(38)22-26(2)18-21-35(39)34-20-19-29(33-17-8-7-13-30(33)25-37)24-28(34)14-9-11-27-12-10-15-31(36)23-27/h7-8,10,12-13,15,17,19-20,23-24,26,30,33H,3-6,9,11,14,16,18,21-22H2,1-2H3. The van der Waals surface area contributed by atoms with Gasteiger partial charge in [0.05, 0.1) is 12.0 Å². The van der Waals surface area contributed by atoms with E-state index in [1.54, 1.807) is 12.1 Å². The van der Waals surface area contributed by atoms with Gasteiger partial charge in [-0.25, -0.2) is 4.39 Å². The van der Waals surface area contributed by atoms with Crippen molar-refractivity contribution in [2.45, 2.75) is 90.4 Å². The summed E-state index contributed by atoms with van der Waals surface area (Å²) in [6.07, 6.45) is 16.7. The molecule has 0 aromatic heterocycles. The lowest BCUT2D eigenvalue weighted by Gasteiger charge is -2.21. The summed E-state index contributed by atoms with van der Waals surface area (Å²) in [5.74, 6) is 0.0552. The first kappa shape index (κ1) is 30.2. The van der Waals surface area contributed by atoms with Gasteiger partial charge in [0.25, 0.3) is 0 Å². The van der Waals surface area contributed by atoms with Crippen molar-refractivity contribution < 1.29 is 14.0 Å². The molecule has 3 nitrogen and oxygen atoms in total. The molecule has 3 atom stereocenters. The molecule has 0 spiro atoms. The third-order valence-electron chi connectivity index (χ3n) is 7.65. The molecule has 4 heteroatoms. The van der Waals surface area contributed by atoms with Crippen LogP contribution in [0.4, 0.5) is 4.39 Å². The number of rotatable bonds is 16. The van der Waals surface area contributed by atoms with Gasteiger partial charge in [0.1, 0.15) is 11.6 Å². The Balaban J connectivity index is 1.67. The van der Waals surface area contributed by atoms with Gasteiger partial charge in [-0.05, 0) is 66.8 Å².